The molecule has 11 heavy (non-hydrogen) atoms. The Labute approximate surface area is 67.2 Å². The maximum absolute atomic E-state index is 11.3. The molecule has 1 rings (SSSR count). The number of hydrogen-bond acceptors (Lipinski definition) is 1. The lowest BCUT2D eigenvalue weighted by molar-refractivity contribution is -0.130. The summed E-state index contributed by atoms with van der Waals surface area (Å²) in [6.07, 6.45) is 4.54. The van der Waals surface area contributed by atoms with Crippen LogP contribution >= 0.6 is 0 Å². The van der Waals surface area contributed by atoms with Crippen molar-refractivity contribution in [3.63, 3.8) is 0 Å². The number of carbonyl (C=O) groups is 1. The smallest absolute Gasteiger partial charge is 0.249 e. The average Bonchev–Trinajstić information content (AvgIpc) is 1.84. The van der Waals surface area contributed by atoms with E-state index in [9.17, 15) is 4.79 Å². The highest BCUT2D eigenvalue weighted by atomic mass is 16.2. The number of allylic oxidation sites excluding steroid dienone is 2. The van der Waals surface area contributed by atoms with E-state index in [0.29, 0.717) is 0 Å². The summed E-state index contributed by atoms with van der Waals surface area (Å²) in [6.45, 7) is 7.20. The van der Waals surface area contributed by atoms with E-state index >= 15 is 0 Å². The van der Waals surface area contributed by atoms with Crippen molar-refractivity contribution < 1.29 is 4.79 Å². The van der Waals surface area contributed by atoms with Gasteiger partial charge in [-0.2, -0.15) is 0 Å². The molecule has 1 heterocycles. The van der Waals surface area contributed by atoms with Crippen LogP contribution in [0.3, 0.4) is 0 Å². The van der Waals surface area contributed by atoms with E-state index in [1.54, 1.807) is 12.2 Å². The Morgan fingerprint density at radius 1 is 1.55 bits per heavy atom. The summed E-state index contributed by atoms with van der Waals surface area (Å²) in [5.41, 5.74) is 0.778. The van der Waals surface area contributed by atoms with E-state index in [-0.39, 0.29) is 5.91 Å². The Balaban J connectivity index is 2.52. The van der Waals surface area contributed by atoms with E-state index in [0.717, 1.165) is 25.1 Å². The van der Waals surface area contributed by atoms with E-state index in [4.69, 9.17) is 0 Å². The van der Waals surface area contributed by atoms with Gasteiger partial charge in [-0.1, -0.05) is 18.7 Å². The fourth-order valence-electron chi connectivity index (χ4n) is 1.02. The van der Waals surface area contributed by atoms with E-state index in [1.165, 1.54) is 0 Å². The fraction of sp³-hybridized carbons (Fsp3) is 0.444. The molecule has 1 saturated heterocycles. The average molecular weight is 151 g/mol. The second kappa shape index (κ2) is 3.37. The molecule has 0 bridgehead atoms. The van der Waals surface area contributed by atoms with Crippen molar-refractivity contribution in [2.24, 2.45) is 0 Å². The van der Waals surface area contributed by atoms with E-state index in [1.807, 2.05) is 11.8 Å². The van der Waals surface area contributed by atoms with Gasteiger partial charge in [0.2, 0.25) is 5.91 Å². The number of carbonyl (C=O) groups excluding carboxylic acids is 1. The second-order valence-corrected chi connectivity index (χ2v) is 2.73. The fourth-order valence-corrected chi connectivity index (χ4v) is 1.02. The minimum absolute atomic E-state index is 0.149. The van der Waals surface area contributed by atoms with Crippen molar-refractivity contribution >= 4 is 5.91 Å². The monoisotopic (exact) mass is 151 g/mol. The highest BCUT2D eigenvalue weighted by Gasteiger charge is 2.20. The Morgan fingerprint density at radius 3 is 2.55 bits per heavy atom. The summed E-state index contributed by atoms with van der Waals surface area (Å²) < 4.78 is 0. The molecule has 0 saturated carbocycles. The standard InChI is InChI=1S/C9H13NO/c1-3-5-8(2)9(11)10-6-4-7-10/h3,5H,1,4,6-7H2,2H3/b8-5+. The van der Waals surface area contributed by atoms with Crippen molar-refractivity contribution in [3.8, 4) is 0 Å². The third-order valence-corrected chi connectivity index (χ3v) is 1.85. The molecule has 0 atom stereocenters. The molecular formula is C9H13NO. The van der Waals surface area contributed by atoms with Crippen LogP contribution in [0.25, 0.3) is 0 Å². The third-order valence-electron chi connectivity index (χ3n) is 1.85. The van der Waals surface area contributed by atoms with Crippen LogP contribution in [-0.4, -0.2) is 23.9 Å². The molecule has 2 nitrogen and oxygen atoms in total. The summed E-state index contributed by atoms with van der Waals surface area (Å²) in [5, 5.41) is 0. The zero-order chi connectivity index (χ0) is 8.27. The SMILES string of the molecule is C=C/C=C(\C)C(=O)N1CCC1. The molecule has 0 aromatic rings. The minimum atomic E-state index is 0.149. The summed E-state index contributed by atoms with van der Waals surface area (Å²) in [6, 6.07) is 0. The lowest BCUT2D eigenvalue weighted by Gasteiger charge is -2.31. The van der Waals surface area contributed by atoms with Crippen LogP contribution < -0.4 is 0 Å². The van der Waals surface area contributed by atoms with Gasteiger partial charge in [0.15, 0.2) is 0 Å². The van der Waals surface area contributed by atoms with Crippen molar-refractivity contribution in [1.82, 2.24) is 4.90 Å². The number of amides is 1. The molecule has 1 aliphatic rings. The van der Waals surface area contributed by atoms with E-state index in [2.05, 4.69) is 6.58 Å². The largest absolute Gasteiger partial charge is 0.339 e. The van der Waals surface area contributed by atoms with Gasteiger partial charge in [0.25, 0.3) is 0 Å². The Bertz CT molecular complexity index is 202. The van der Waals surface area contributed by atoms with Gasteiger partial charge in [-0.3, -0.25) is 4.79 Å². The zero-order valence-corrected chi connectivity index (χ0v) is 6.84. The van der Waals surface area contributed by atoms with Gasteiger partial charge in [0.1, 0.15) is 0 Å². The Kier molecular flexibility index (Phi) is 2.47. The van der Waals surface area contributed by atoms with Crippen LogP contribution in [0.4, 0.5) is 0 Å². The van der Waals surface area contributed by atoms with Gasteiger partial charge in [0, 0.05) is 18.7 Å². The highest BCUT2D eigenvalue weighted by molar-refractivity contribution is 5.93. The van der Waals surface area contributed by atoms with Crippen LogP contribution in [-0.2, 0) is 4.79 Å². The van der Waals surface area contributed by atoms with Crippen LogP contribution in [0.15, 0.2) is 24.3 Å². The van der Waals surface area contributed by atoms with Gasteiger partial charge in [0.05, 0.1) is 0 Å². The van der Waals surface area contributed by atoms with Gasteiger partial charge in [-0.25, -0.2) is 0 Å². The molecule has 0 radical (unpaired) electrons. The summed E-state index contributed by atoms with van der Waals surface area (Å²) in [7, 11) is 0. The predicted molar refractivity (Wildman–Crippen MR) is 45.2 cm³/mol. The molecule has 0 unspecified atom stereocenters. The maximum Gasteiger partial charge on any atom is 0.249 e. The second-order valence-electron chi connectivity index (χ2n) is 2.73. The quantitative estimate of drug-likeness (QED) is 0.431. The topological polar surface area (TPSA) is 20.3 Å². The van der Waals surface area contributed by atoms with Gasteiger partial charge >= 0.3 is 0 Å². The molecule has 2 heteroatoms. The first-order valence-electron chi connectivity index (χ1n) is 3.84. The van der Waals surface area contributed by atoms with Gasteiger partial charge in [-0.15, -0.1) is 0 Å². The first-order valence-corrected chi connectivity index (χ1v) is 3.84. The van der Waals surface area contributed by atoms with Crippen molar-refractivity contribution in [2.75, 3.05) is 13.1 Å². The third kappa shape index (κ3) is 1.70. The van der Waals surface area contributed by atoms with Crippen molar-refractivity contribution in [2.45, 2.75) is 13.3 Å². The Hall–Kier alpha value is -1.05. The number of hydrogen-bond donors (Lipinski definition) is 0. The molecular weight excluding hydrogens is 138 g/mol. The van der Waals surface area contributed by atoms with Crippen LogP contribution in [0.1, 0.15) is 13.3 Å². The number of rotatable bonds is 2. The first kappa shape index (κ1) is 8.05. The molecule has 0 aromatic carbocycles. The zero-order valence-electron chi connectivity index (χ0n) is 6.84. The molecule has 60 valence electrons. The molecule has 1 fully saturated rings. The predicted octanol–water partition coefficient (Wildman–Crippen LogP) is 1.35. The molecule has 0 N–H and O–H groups in total. The Morgan fingerprint density at radius 2 is 2.18 bits per heavy atom. The number of nitrogens with zero attached hydrogens (tertiary/aromatic N) is 1. The minimum Gasteiger partial charge on any atom is -0.339 e. The lowest BCUT2D eigenvalue weighted by atomic mass is 10.1. The van der Waals surface area contributed by atoms with Crippen LogP contribution in [0.2, 0.25) is 0 Å². The van der Waals surface area contributed by atoms with Crippen LogP contribution in [0, 0.1) is 0 Å². The normalized spacial score (nSPS) is 17.5. The summed E-state index contributed by atoms with van der Waals surface area (Å²) in [5.74, 6) is 0.149. The summed E-state index contributed by atoms with van der Waals surface area (Å²) in [4.78, 5) is 13.2. The van der Waals surface area contributed by atoms with E-state index < -0.39 is 0 Å². The first-order chi connectivity index (χ1) is 5.25. The van der Waals surface area contributed by atoms with Gasteiger partial charge < -0.3 is 4.90 Å². The molecule has 1 aliphatic heterocycles. The molecule has 0 aromatic heterocycles. The number of likely N-dealkylation sites (tertiary alicyclic amines) is 1. The van der Waals surface area contributed by atoms with Crippen molar-refractivity contribution in [1.29, 1.82) is 0 Å². The van der Waals surface area contributed by atoms with Crippen molar-refractivity contribution in [3.05, 3.63) is 24.3 Å². The highest BCUT2D eigenvalue weighted by Crippen LogP contribution is 2.10. The molecule has 0 spiro atoms. The molecule has 0 aliphatic carbocycles. The maximum atomic E-state index is 11.3. The van der Waals surface area contributed by atoms with Gasteiger partial charge in [-0.05, 0) is 13.3 Å². The van der Waals surface area contributed by atoms with Crippen LogP contribution in [0.5, 0.6) is 0 Å². The summed E-state index contributed by atoms with van der Waals surface area (Å²) >= 11 is 0. The lowest BCUT2D eigenvalue weighted by Crippen LogP contribution is -2.42. The molecule has 1 amide bonds.